The van der Waals surface area contributed by atoms with Gasteiger partial charge in [-0.3, -0.25) is 4.79 Å². The predicted octanol–water partition coefficient (Wildman–Crippen LogP) is 4.31. The minimum atomic E-state index is -0.918. The molecule has 0 radical (unpaired) electrons. The molecule has 3 fully saturated rings. The second kappa shape index (κ2) is 6.56. The van der Waals surface area contributed by atoms with E-state index in [9.17, 15) is 9.90 Å². The van der Waals surface area contributed by atoms with Gasteiger partial charge in [-0.05, 0) is 92.7 Å². The Morgan fingerprint density at radius 2 is 2.00 bits per heavy atom. The number of fused-ring (bicyclic) bond motifs is 5. The van der Waals surface area contributed by atoms with Gasteiger partial charge in [0, 0.05) is 18.0 Å². The molecule has 5 rings (SSSR count). The molecule has 1 aromatic rings. The van der Waals surface area contributed by atoms with Gasteiger partial charge < -0.3 is 5.11 Å². The molecule has 1 heterocycles. The molecule has 3 heteroatoms. The second-order valence-corrected chi connectivity index (χ2v) is 9.62. The van der Waals surface area contributed by atoms with Gasteiger partial charge in [-0.25, -0.2) is 4.98 Å². The van der Waals surface area contributed by atoms with Crippen LogP contribution in [0.5, 0.6) is 0 Å². The van der Waals surface area contributed by atoms with Gasteiger partial charge in [-0.1, -0.05) is 24.5 Å². The number of aliphatic hydroxyl groups is 1. The van der Waals surface area contributed by atoms with E-state index in [0.29, 0.717) is 29.5 Å². The second-order valence-electron chi connectivity index (χ2n) is 9.62. The number of hydrogen-bond donors (Lipinski definition) is 1. The minimum absolute atomic E-state index is 0.137. The number of carbonyl (C=O) groups excluding carboxylic acids is 1. The SMILES string of the molecule is C[C@]12CC[C@@H]3[C@@H](CCC4=CC(=O)CC[C@@H]43)[C@H]1CC[C@]2(O)C#Cc1ccccn1. The van der Waals surface area contributed by atoms with Gasteiger partial charge in [0.2, 0.25) is 0 Å². The van der Waals surface area contributed by atoms with E-state index >= 15 is 0 Å². The summed E-state index contributed by atoms with van der Waals surface area (Å²) in [7, 11) is 0. The Bertz CT molecular complexity index is 879. The van der Waals surface area contributed by atoms with Gasteiger partial charge in [-0.15, -0.1) is 0 Å². The number of ketones is 1. The summed E-state index contributed by atoms with van der Waals surface area (Å²) in [5, 5.41) is 11.6. The van der Waals surface area contributed by atoms with Crippen LogP contribution >= 0.6 is 0 Å². The van der Waals surface area contributed by atoms with Crippen LogP contribution in [0.15, 0.2) is 36.0 Å². The van der Waals surface area contributed by atoms with Gasteiger partial charge >= 0.3 is 0 Å². The average Bonchev–Trinajstić information content (AvgIpc) is 2.98. The van der Waals surface area contributed by atoms with Crippen LogP contribution in [0.25, 0.3) is 0 Å². The predicted molar refractivity (Wildman–Crippen MR) is 108 cm³/mol. The first-order valence-electron chi connectivity index (χ1n) is 10.9. The fourth-order valence-electron chi connectivity index (χ4n) is 7.01. The Hall–Kier alpha value is -1.92. The van der Waals surface area contributed by atoms with Crippen molar-refractivity contribution >= 4 is 5.78 Å². The molecule has 0 unspecified atom stereocenters. The van der Waals surface area contributed by atoms with Gasteiger partial charge in [0.15, 0.2) is 5.78 Å². The van der Waals surface area contributed by atoms with Crippen LogP contribution in [0.3, 0.4) is 0 Å². The quantitative estimate of drug-likeness (QED) is 0.688. The molecule has 0 aliphatic heterocycles. The molecule has 0 amide bonds. The number of carbonyl (C=O) groups is 1. The smallest absolute Gasteiger partial charge is 0.155 e. The van der Waals surface area contributed by atoms with E-state index in [0.717, 1.165) is 50.6 Å². The molecule has 0 aromatic carbocycles. The van der Waals surface area contributed by atoms with Crippen molar-refractivity contribution < 1.29 is 9.90 Å². The topological polar surface area (TPSA) is 50.2 Å². The first-order valence-corrected chi connectivity index (χ1v) is 10.9. The first-order chi connectivity index (χ1) is 13.5. The number of hydrogen-bond acceptors (Lipinski definition) is 3. The fraction of sp³-hybridized carbons (Fsp3) is 0.600. The highest BCUT2D eigenvalue weighted by atomic mass is 16.3. The summed E-state index contributed by atoms with van der Waals surface area (Å²) in [6, 6.07) is 5.73. The van der Waals surface area contributed by atoms with Crippen LogP contribution in [0, 0.1) is 40.9 Å². The van der Waals surface area contributed by atoms with Gasteiger partial charge in [0.1, 0.15) is 11.3 Å². The summed E-state index contributed by atoms with van der Waals surface area (Å²) in [5.41, 5.74) is 1.10. The summed E-state index contributed by atoms with van der Waals surface area (Å²) in [6.45, 7) is 2.28. The number of nitrogens with zero attached hydrogens (tertiary/aromatic N) is 1. The van der Waals surface area contributed by atoms with E-state index in [4.69, 9.17) is 0 Å². The van der Waals surface area contributed by atoms with Crippen molar-refractivity contribution in [3.8, 4) is 11.8 Å². The monoisotopic (exact) mass is 375 g/mol. The third-order valence-electron chi connectivity index (χ3n) is 8.51. The molecule has 3 nitrogen and oxygen atoms in total. The van der Waals surface area contributed by atoms with Crippen LogP contribution in [0.2, 0.25) is 0 Å². The minimum Gasteiger partial charge on any atom is -0.377 e. The molecule has 1 N–H and O–H groups in total. The lowest BCUT2D eigenvalue weighted by molar-refractivity contribution is -0.116. The van der Waals surface area contributed by atoms with E-state index in [1.165, 1.54) is 12.0 Å². The highest BCUT2D eigenvalue weighted by Crippen LogP contribution is 2.64. The van der Waals surface area contributed by atoms with Crippen LogP contribution in [0.1, 0.15) is 64.0 Å². The highest BCUT2D eigenvalue weighted by molar-refractivity contribution is 5.91. The molecule has 28 heavy (non-hydrogen) atoms. The summed E-state index contributed by atoms with van der Waals surface area (Å²) < 4.78 is 0. The zero-order valence-electron chi connectivity index (χ0n) is 16.7. The lowest BCUT2D eigenvalue weighted by atomic mass is 9.50. The van der Waals surface area contributed by atoms with Crippen molar-refractivity contribution in [1.82, 2.24) is 4.98 Å². The maximum Gasteiger partial charge on any atom is 0.155 e. The van der Waals surface area contributed by atoms with Crippen molar-refractivity contribution in [3.63, 3.8) is 0 Å². The number of aromatic nitrogens is 1. The highest BCUT2D eigenvalue weighted by Gasteiger charge is 2.62. The molecule has 146 valence electrons. The molecule has 3 saturated carbocycles. The maximum absolute atomic E-state index is 11.9. The van der Waals surface area contributed by atoms with E-state index in [-0.39, 0.29) is 5.41 Å². The third-order valence-corrected chi connectivity index (χ3v) is 8.51. The zero-order chi connectivity index (χ0) is 19.4. The van der Waals surface area contributed by atoms with E-state index in [1.54, 1.807) is 6.20 Å². The van der Waals surface area contributed by atoms with E-state index in [2.05, 4.69) is 23.7 Å². The Morgan fingerprint density at radius 3 is 2.82 bits per heavy atom. The van der Waals surface area contributed by atoms with Crippen LogP contribution < -0.4 is 0 Å². The van der Waals surface area contributed by atoms with Crippen molar-refractivity contribution in [2.24, 2.45) is 29.1 Å². The summed E-state index contributed by atoms with van der Waals surface area (Å²) >= 11 is 0. The summed E-state index contributed by atoms with van der Waals surface area (Å²) in [5.74, 6) is 9.23. The summed E-state index contributed by atoms with van der Waals surface area (Å²) in [4.78, 5) is 16.2. The molecule has 0 saturated heterocycles. The number of pyridine rings is 1. The normalized spacial score (nSPS) is 41.8. The molecule has 6 atom stereocenters. The molecule has 1 aromatic heterocycles. The summed E-state index contributed by atoms with van der Waals surface area (Å²) in [6.07, 6.45) is 11.7. The maximum atomic E-state index is 11.9. The zero-order valence-corrected chi connectivity index (χ0v) is 16.7. The van der Waals surface area contributed by atoms with E-state index in [1.807, 2.05) is 24.3 Å². The largest absolute Gasteiger partial charge is 0.377 e. The van der Waals surface area contributed by atoms with Crippen molar-refractivity contribution in [2.75, 3.05) is 0 Å². The molecular weight excluding hydrogens is 346 g/mol. The lowest BCUT2D eigenvalue weighted by Gasteiger charge is -2.54. The third kappa shape index (κ3) is 2.69. The molecular formula is C25H29NO2. The van der Waals surface area contributed by atoms with E-state index < -0.39 is 5.60 Å². The molecule has 0 bridgehead atoms. The van der Waals surface area contributed by atoms with Gasteiger partial charge in [-0.2, -0.15) is 0 Å². The number of rotatable bonds is 0. The Labute approximate surface area is 167 Å². The fourth-order valence-corrected chi connectivity index (χ4v) is 7.01. The van der Waals surface area contributed by atoms with Gasteiger partial charge in [0.25, 0.3) is 0 Å². The number of allylic oxidation sites excluding steroid dienone is 1. The first kappa shape index (κ1) is 18.1. The lowest BCUT2D eigenvalue weighted by Crippen LogP contribution is -2.52. The molecule has 4 aliphatic rings. The van der Waals surface area contributed by atoms with Gasteiger partial charge in [0.05, 0.1) is 0 Å². The van der Waals surface area contributed by atoms with Crippen LogP contribution in [0.4, 0.5) is 0 Å². The van der Waals surface area contributed by atoms with Crippen LogP contribution in [-0.2, 0) is 4.79 Å². The van der Waals surface area contributed by atoms with Crippen molar-refractivity contribution in [2.45, 2.75) is 63.9 Å². The Balaban J connectivity index is 1.42. The Morgan fingerprint density at radius 1 is 1.11 bits per heavy atom. The average molecular weight is 376 g/mol. The van der Waals surface area contributed by atoms with Crippen molar-refractivity contribution in [3.05, 3.63) is 41.7 Å². The molecule has 4 aliphatic carbocycles. The van der Waals surface area contributed by atoms with Crippen LogP contribution in [-0.4, -0.2) is 21.5 Å². The standard InChI is InChI=1S/C25H29NO2/c1-24-12-10-21-20-8-6-19(27)16-17(20)5-7-22(21)23(24)11-14-25(24,28)13-9-18-4-2-3-15-26-18/h2-4,15-16,20-23,28H,5-8,10-12,14H2,1H3/t20-,21-,22+,23+,24-,25+/m0/s1. The Kier molecular flexibility index (Phi) is 4.25. The molecule has 0 spiro atoms. The van der Waals surface area contributed by atoms with Crippen molar-refractivity contribution in [1.29, 1.82) is 0 Å².